The maximum atomic E-state index is 3.72. The normalized spacial score (nSPS) is 133. The number of fused-ring (bicyclic) bond motifs is 30. The van der Waals surface area contributed by atoms with Crippen LogP contribution in [0.4, 0.5) is 0 Å². The van der Waals surface area contributed by atoms with Gasteiger partial charge in [-0.2, -0.15) is 0 Å². The molecule has 99 atom stereocenters. The highest BCUT2D eigenvalue weighted by Gasteiger charge is 3.84. The van der Waals surface area contributed by atoms with Crippen molar-refractivity contribution < 1.29 is 0 Å². The van der Waals surface area contributed by atoms with Crippen LogP contribution in [-0.2, 0) is 0 Å². The summed E-state index contributed by atoms with van der Waals surface area (Å²) in [6, 6.07) is 0. The van der Waals surface area contributed by atoms with Gasteiger partial charge in [0.15, 0.2) is 0 Å². The standard InChI is InChI=1S/C133H116/c1-35-39-38-34-80-32-33-81(80)79(31)69(21)63(15)62(14)68(20)73(25)77(29)78(30)76(28)72(24)67(19)61(13)54(6)37(3)41-43-42-40-36(2)53(5)60(12)66(18)71(23)75(27)74(26)70(22)65(17)59(11)56(8)47-45-49-93(62,92(63)48-44-46-55(56,7)58(10)64(16)57(9)52(35,4)50-83(39)82(38)51(80)97(81)104(79)98(69,92)94(48)88(44)90(46,58)100(64)96(50,57)117(83)116(82,97)122(94,104)118(88,100)117)99(68)95(49)89(45)91(47,59)103(65)108(70)112(74)114(75)110(71)106(66)101(60)84(40,53)86(42)87(43)85(41,54)102(61)107(67)111(72)115(76)113(78)109(77)105(73,99)123(95)121(89,103)126(108)127(109,123)131(113)130(112,126)132(114)128(110)124(106)119(86,101)120(87,102)125(107,124)129(111,128)133(115,131)132/h35-51H,32-34H2,1-31H3. The summed E-state index contributed by atoms with van der Waals surface area (Å²) in [6.07, 6.45) is 5.38. The summed E-state index contributed by atoms with van der Waals surface area (Å²) < 4.78 is 0. The SMILES string of the molecule is CC1C2C3CC45CCC46C4(C)C7(C)C8(C)C9(C)C%10(C)C%11(C)C%12(C)C%13(C)C%14(C)C%15(C)C%16(C)C%17(C)C%18(C)C(C)C%19C%20C%21C%22C(C)C%23(C)C%24(C)C%25(C)C%26(C)C%27(C)C%28(C)C%29(C)C%30(C)C%31(C)C%32(C)C%33C%34C%35C9(C89C8C%36C%37C%32(C)C%32(C)C%38(C)C%39(C)C1(C)C1C2%40C32C5C63C25C%402C1%39C%381C%37%32C%366C8%32C79C43C%325C612)C%101C%352C%343C%33%31C%304C%295C%286C%277C%268C%259C%24%10C%22%23C%21%22C%20%21C%19%18C%17%18C%16%17C%15%16C%14%15C%13%14C%12%13C%111C21C34C52C%131C%141C62C72C83C94C%22%10C%21%18C%174C%163C%1512. The van der Waals surface area contributed by atoms with Gasteiger partial charge in [-0.25, -0.2) is 0 Å². The smallest absolute Gasteiger partial charge is 0.0000365 e. The molecule has 0 radical (unpaired) electrons. The van der Waals surface area contributed by atoms with Crippen LogP contribution in [0.2, 0.25) is 0 Å². The van der Waals surface area contributed by atoms with Gasteiger partial charge in [0.05, 0.1) is 0 Å². The van der Waals surface area contributed by atoms with Crippen LogP contribution < -0.4 is 0 Å². The van der Waals surface area contributed by atoms with E-state index in [2.05, 4.69) is 215 Å². The number of rotatable bonds is 0. The highest BCUT2D eigenvalue weighted by Crippen LogP contribution is 3.91. The zero-order valence-corrected chi connectivity index (χ0v) is 83.9. The fourth-order valence-electron chi connectivity index (χ4n) is 142. The summed E-state index contributed by atoms with van der Waals surface area (Å²) >= 11 is 0. The van der Waals surface area contributed by atoms with E-state index in [1.54, 1.807) is 12.8 Å². The van der Waals surface area contributed by atoms with Gasteiger partial charge in [-0.1, -0.05) is 215 Å². The van der Waals surface area contributed by atoms with Crippen LogP contribution in [0.1, 0.15) is 234 Å². The van der Waals surface area contributed by atoms with E-state index >= 15 is 0 Å². The molecule has 0 saturated heterocycles. The Bertz CT molecular complexity index is 9870. The number of hydrogen-bond donors (Lipinski definition) is 0. The van der Waals surface area contributed by atoms with Crippen LogP contribution in [0.3, 0.4) is 0 Å². The molecule has 648 valence electrons. The first-order valence-corrected chi connectivity index (χ1v) is 62.6. The maximum absolute atomic E-state index is 3.72. The molecule has 54 spiro atoms. The molecule has 76 fully saturated rings. The Balaban J connectivity index is 0.535. The van der Waals surface area contributed by atoms with Gasteiger partial charge < -0.3 is 0 Å². The zero-order valence-electron chi connectivity index (χ0n) is 83.9. The van der Waals surface area contributed by atoms with E-state index in [-0.39, 0.29) is 0 Å². The molecular weight excluding hydrogens is 1600 g/mol. The minimum Gasteiger partial charge on any atom is -0.0617 e. The molecular formula is C133H116. The molecule has 0 N–H and O–H groups in total. The van der Waals surface area contributed by atoms with E-state index in [1.165, 1.54) is 53.3 Å². The van der Waals surface area contributed by atoms with Gasteiger partial charge in [0, 0.05) is 0 Å². The molecule has 0 aromatic carbocycles. The van der Waals surface area contributed by atoms with Crippen molar-refractivity contribution in [3.05, 3.63) is 217 Å². The van der Waals surface area contributed by atoms with E-state index in [1.807, 2.05) is 6.42 Å². The fourth-order valence-corrected chi connectivity index (χ4v) is 142. The van der Waals surface area contributed by atoms with Crippen LogP contribution >= 0.6 is 0 Å². The lowest BCUT2D eigenvalue weighted by molar-refractivity contribution is -1.02. The summed E-state index contributed by atoms with van der Waals surface area (Å²) in [5.41, 5.74) is 56.3. The van der Waals surface area contributed by atoms with E-state index in [0.29, 0.717) is 206 Å². The maximum Gasteiger partial charge on any atom is -0.0000365 e. The Labute approximate surface area is 772 Å². The Morgan fingerprint density at radius 3 is 0.872 bits per heavy atom. The van der Waals surface area contributed by atoms with Gasteiger partial charge in [0.2, 0.25) is 0 Å². The minimum absolute atomic E-state index is 0.449. The van der Waals surface area contributed by atoms with Crippen LogP contribution in [0.5, 0.6) is 0 Å². The Kier molecular flexibility index (Phi) is 3.06. The lowest BCUT2D eigenvalue weighted by Crippen LogP contribution is -3.70. The first kappa shape index (κ1) is 53.6. The molecule has 0 amide bonds. The lowest BCUT2D eigenvalue weighted by Gasteiger charge is -3.77. The fraction of sp³-hybridized carbons (Fsp3) is 1.00. The second-order valence-corrected chi connectivity index (χ2v) is 84.2. The molecule has 76 saturated carbocycles. The minimum atomic E-state index is 0.449. The predicted octanol–water partition coefficient (Wildman–Crippen LogP) is 22.4. The molecule has 76 aliphatic carbocycles. The summed E-state index contributed by atoms with van der Waals surface area (Å²) in [4.78, 5) is 0. The molecule has 0 nitrogen and oxygen atoms in total. The van der Waals surface area contributed by atoms with Gasteiger partial charge in [-0.15, -0.1) is 0 Å². The molecule has 0 bridgehead atoms. The lowest BCUT2D eigenvalue weighted by atomic mass is 8.24. The average Bonchev–Trinajstić information content (AvgIpc) is 0.605. The highest BCUT2D eigenvalue weighted by molar-refractivity contribution is 6.97. The largest absolute Gasteiger partial charge is 0.0617 e. The third kappa shape index (κ3) is 1.09. The number of hydrogen-bond acceptors (Lipinski definition) is 0. The van der Waals surface area contributed by atoms with Crippen LogP contribution in [0.15, 0.2) is 0 Å². The summed E-state index contributed by atoms with van der Waals surface area (Å²) in [7, 11) is 0. The molecule has 0 heterocycles. The molecule has 0 heteroatoms. The van der Waals surface area contributed by atoms with Crippen molar-refractivity contribution >= 4 is 0 Å². The van der Waals surface area contributed by atoms with E-state index in [0.717, 1.165) is 286 Å². The van der Waals surface area contributed by atoms with Gasteiger partial charge in [-0.05, 0) is 564 Å². The zero-order chi connectivity index (χ0) is 83.9. The Morgan fingerprint density at radius 1 is 0.158 bits per heavy atom. The van der Waals surface area contributed by atoms with E-state index in [4.69, 9.17) is 0 Å². The van der Waals surface area contributed by atoms with Gasteiger partial charge >= 0.3 is 0 Å². The van der Waals surface area contributed by atoms with Crippen molar-refractivity contribution in [3.63, 3.8) is 0 Å². The summed E-state index contributed by atoms with van der Waals surface area (Å²) in [5, 5.41) is 0. The van der Waals surface area contributed by atoms with Crippen molar-refractivity contribution in [1.29, 1.82) is 0 Å². The molecule has 76 rings (SSSR count). The predicted molar refractivity (Wildman–Crippen MR) is 481 cm³/mol. The van der Waals surface area contributed by atoms with Crippen molar-refractivity contribution in [2.75, 3.05) is 0 Å². The second kappa shape index (κ2) is 7.60. The van der Waals surface area contributed by atoms with E-state index < -0.39 is 0 Å². The summed E-state index contributed by atoms with van der Waals surface area (Å²) in [6.45, 7) is 111. The third-order valence-electron chi connectivity index (χ3n) is 115. The van der Waals surface area contributed by atoms with Crippen LogP contribution in [-0.4, -0.2) is 0 Å². The topological polar surface area (TPSA) is 0 Å². The van der Waals surface area contributed by atoms with E-state index in [9.17, 15) is 0 Å². The molecule has 0 aromatic rings. The van der Waals surface area contributed by atoms with Crippen LogP contribution in [0.25, 0.3) is 0 Å². The van der Waals surface area contributed by atoms with Gasteiger partial charge in [0.25, 0.3) is 0 Å². The third-order valence-corrected chi connectivity index (χ3v) is 115. The highest BCUT2D eigenvalue weighted by atomic mass is 15.9. The molecule has 99 unspecified atom stereocenters. The Hall–Kier alpha value is 0. The van der Waals surface area contributed by atoms with Gasteiger partial charge in [0.1, 0.15) is 0 Å². The van der Waals surface area contributed by atoms with Crippen molar-refractivity contribution in [2.45, 2.75) is 234 Å². The first-order valence-electron chi connectivity index (χ1n) is 62.6. The monoisotopic (exact) mass is 1710 g/mol. The van der Waals surface area contributed by atoms with Crippen molar-refractivity contribution in [1.82, 2.24) is 0 Å². The molecule has 76 aliphatic rings. The Morgan fingerprint density at radius 2 is 0.451 bits per heavy atom. The second-order valence-electron chi connectivity index (χ2n) is 84.2. The van der Waals surface area contributed by atoms with Gasteiger partial charge in [-0.3, -0.25) is 0 Å². The first-order chi connectivity index (χ1) is 62.6. The van der Waals surface area contributed by atoms with Crippen molar-refractivity contribution in [2.24, 2.45) is 328 Å². The van der Waals surface area contributed by atoms with Crippen molar-refractivity contribution in [3.8, 4) is 0 Å². The quantitative estimate of drug-likeness (QED) is 0.227. The molecule has 0 aromatic heterocycles. The van der Waals surface area contributed by atoms with Crippen LogP contribution in [0, 0.1) is 545 Å². The molecule has 0 aliphatic heterocycles. The summed E-state index contributed by atoms with van der Waals surface area (Å²) in [5.74, 6) is 19.4. The molecule has 133 heavy (non-hydrogen) atoms. The average molecular weight is 1710 g/mol.